The zero-order valence-corrected chi connectivity index (χ0v) is 11.8. The number of amides is 3. The van der Waals surface area contributed by atoms with Gasteiger partial charge in [0, 0.05) is 33.2 Å². The first kappa shape index (κ1) is 14.6. The van der Waals surface area contributed by atoms with Crippen molar-refractivity contribution in [2.75, 3.05) is 27.2 Å². The molecule has 1 aliphatic heterocycles. The molecule has 1 saturated heterocycles. The van der Waals surface area contributed by atoms with E-state index in [1.165, 1.54) is 4.90 Å². The summed E-state index contributed by atoms with van der Waals surface area (Å²) < 4.78 is 5.29. The average molecular weight is 257 g/mol. The minimum Gasteiger partial charge on any atom is -0.444 e. The van der Waals surface area contributed by atoms with E-state index in [-0.39, 0.29) is 18.2 Å². The molecule has 1 fully saturated rings. The fourth-order valence-corrected chi connectivity index (χ4v) is 1.67. The van der Waals surface area contributed by atoms with Crippen LogP contribution in [0.1, 0.15) is 27.2 Å². The number of carbonyl (C=O) groups excluding carboxylic acids is 2. The third-order valence-electron chi connectivity index (χ3n) is 2.57. The van der Waals surface area contributed by atoms with Gasteiger partial charge in [-0.2, -0.15) is 0 Å². The van der Waals surface area contributed by atoms with Gasteiger partial charge in [0.1, 0.15) is 5.60 Å². The first-order valence-electron chi connectivity index (χ1n) is 6.15. The maximum atomic E-state index is 11.8. The molecule has 0 saturated carbocycles. The smallest absolute Gasteiger partial charge is 0.410 e. The Labute approximate surface area is 108 Å². The molecule has 0 radical (unpaired) electrons. The van der Waals surface area contributed by atoms with Crippen LogP contribution >= 0.6 is 0 Å². The van der Waals surface area contributed by atoms with E-state index in [9.17, 15) is 9.59 Å². The van der Waals surface area contributed by atoms with Crippen LogP contribution in [0.5, 0.6) is 0 Å². The van der Waals surface area contributed by atoms with E-state index in [2.05, 4.69) is 5.32 Å². The van der Waals surface area contributed by atoms with Gasteiger partial charge in [0.15, 0.2) is 0 Å². The van der Waals surface area contributed by atoms with E-state index >= 15 is 0 Å². The van der Waals surface area contributed by atoms with Gasteiger partial charge in [-0.1, -0.05) is 0 Å². The number of ether oxygens (including phenoxy) is 1. The molecule has 1 heterocycles. The number of nitrogens with zero attached hydrogens (tertiary/aromatic N) is 2. The van der Waals surface area contributed by atoms with Crippen molar-refractivity contribution in [1.82, 2.24) is 15.1 Å². The molecule has 3 amide bonds. The lowest BCUT2D eigenvalue weighted by atomic mass is 10.2. The van der Waals surface area contributed by atoms with E-state index in [0.717, 1.165) is 6.42 Å². The van der Waals surface area contributed by atoms with Crippen LogP contribution in [0.4, 0.5) is 9.59 Å². The fraction of sp³-hybridized carbons (Fsp3) is 0.833. The summed E-state index contributed by atoms with van der Waals surface area (Å²) in [5, 5.41) is 2.86. The van der Waals surface area contributed by atoms with Crippen LogP contribution in [0, 0.1) is 0 Å². The molecule has 18 heavy (non-hydrogen) atoms. The highest BCUT2D eigenvalue weighted by Crippen LogP contribution is 2.15. The molecular formula is C12H23N3O3. The van der Waals surface area contributed by atoms with Crippen LogP contribution in [0.25, 0.3) is 0 Å². The zero-order valence-electron chi connectivity index (χ0n) is 11.8. The van der Waals surface area contributed by atoms with Gasteiger partial charge in [0.05, 0.1) is 0 Å². The summed E-state index contributed by atoms with van der Waals surface area (Å²) in [7, 11) is 3.38. The Bertz CT molecular complexity index is 323. The second-order valence-electron chi connectivity index (χ2n) is 5.76. The molecule has 6 nitrogen and oxygen atoms in total. The zero-order chi connectivity index (χ0) is 13.9. The van der Waals surface area contributed by atoms with Gasteiger partial charge < -0.3 is 19.9 Å². The molecular weight excluding hydrogens is 234 g/mol. The van der Waals surface area contributed by atoms with Gasteiger partial charge >= 0.3 is 12.1 Å². The van der Waals surface area contributed by atoms with Crippen molar-refractivity contribution in [1.29, 1.82) is 0 Å². The standard InChI is InChI=1S/C12H23N3O3/c1-12(2,3)18-11(17)15-7-6-9(8-15)13-10(16)14(4)5/h9H,6-8H2,1-5H3,(H,13,16). The second-order valence-corrected chi connectivity index (χ2v) is 5.76. The topological polar surface area (TPSA) is 61.9 Å². The number of urea groups is 1. The van der Waals surface area contributed by atoms with Gasteiger partial charge in [0.25, 0.3) is 0 Å². The van der Waals surface area contributed by atoms with Crippen LogP contribution in [0.3, 0.4) is 0 Å². The Balaban J connectivity index is 2.42. The lowest BCUT2D eigenvalue weighted by Gasteiger charge is -2.24. The van der Waals surface area contributed by atoms with E-state index in [1.807, 2.05) is 20.8 Å². The van der Waals surface area contributed by atoms with Crippen molar-refractivity contribution in [3.8, 4) is 0 Å². The molecule has 0 aromatic rings. The number of hydrogen-bond donors (Lipinski definition) is 1. The quantitative estimate of drug-likeness (QED) is 0.769. The third kappa shape index (κ3) is 4.43. The summed E-state index contributed by atoms with van der Waals surface area (Å²) in [5.74, 6) is 0. The Morgan fingerprint density at radius 3 is 2.44 bits per heavy atom. The molecule has 1 unspecified atom stereocenters. The Morgan fingerprint density at radius 1 is 1.33 bits per heavy atom. The van der Waals surface area contributed by atoms with Crippen molar-refractivity contribution in [2.45, 2.75) is 38.8 Å². The number of likely N-dealkylation sites (tertiary alicyclic amines) is 1. The van der Waals surface area contributed by atoms with Crippen LogP contribution in [0.15, 0.2) is 0 Å². The summed E-state index contributed by atoms with van der Waals surface area (Å²) in [6.07, 6.45) is 0.447. The highest BCUT2D eigenvalue weighted by atomic mass is 16.6. The van der Waals surface area contributed by atoms with E-state index < -0.39 is 5.60 Å². The van der Waals surface area contributed by atoms with Crippen molar-refractivity contribution in [2.24, 2.45) is 0 Å². The van der Waals surface area contributed by atoms with Gasteiger partial charge in [0.2, 0.25) is 0 Å². The molecule has 1 rings (SSSR count). The first-order chi connectivity index (χ1) is 8.19. The summed E-state index contributed by atoms with van der Waals surface area (Å²) in [5.41, 5.74) is -0.484. The number of carbonyl (C=O) groups is 2. The molecule has 0 aliphatic carbocycles. The molecule has 1 atom stereocenters. The normalized spacial score (nSPS) is 19.6. The third-order valence-corrected chi connectivity index (χ3v) is 2.57. The number of nitrogens with one attached hydrogen (secondary N) is 1. The van der Waals surface area contributed by atoms with Crippen molar-refractivity contribution < 1.29 is 14.3 Å². The highest BCUT2D eigenvalue weighted by molar-refractivity contribution is 5.74. The minimum absolute atomic E-state index is 0.00687. The molecule has 0 aromatic carbocycles. The van der Waals surface area contributed by atoms with E-state index in [1.54, 1.807) is 19.0 Å². The molecule has 0 spiro atoms. The SMILES string of the molecule is CN(C)C(=O)NC1CCN(C(=O)OC(C)(C)C)C1. The fourth-order valence-electron chi connectivity index (χ4n) is 1.67. The largest absolute Gasteiger partial charge is 0.444 e. The van der Waals surface area contributed by atoms with Crippen LogP contribution < -0.4 is 5.32 Å². The first-order valence-corrected chi connectivity index (χ1v) is 6.15. The summed E-state index contributed by atoms with van der Waals surface area (Å²) >= 11 is 0. The average Bonchev–Trinajstić information content (AvgIpc) is 2.63. The Morgan fingerprint density at radius 2 is 1.94 bits per heavy atom. The van der Waals surface area contributed by atoms with Gasteiger partial charge in [-0.3, -0.25) is 0 Å². The predicted octanol–water partition coefficient (Wildman–Crippen LogP) is 1.27. The van der Waals surface area contributed by atoms with Gasteiger partial charge in [-0.05, 0) is 27.2 Å². The van der Waals surface area contributed by atoms with Crippen LogP contribution in [-0.4, -0.2) is 60.8 Å². The summed E-state index contributed by atoms with van der Waals surface area (Å²) in [6.45, 7) is 6.65. The molecule has 0 aromatic heterocycles. The van der Waals surface area contributed by atoms with E-state index in [4.69, 9.17) is 4.74 Å². The highest BCUT2D eigenvalue weighted by Gasteiger charge is 2.30. The van der Waals surface area contributed by atoms with E-state index in [0.29, 0.717) is 13.1 Å². The minimum atomic E-state index is -0.484. The maximum absolute atomic E-state index is 11.8. The Kier molecular flexibility index (Phi) is 4.43. The molecule has 6 heteroatoms. The van der Waals surface area contributed by atoms with Crippen molar-refractivity contribution in [3.05, 3.63) is 0 Å². The van der Waals surface area contributed by atoms with Gasteiger partial charge in [-0.15, -0.1) is 0 Å². The van der Waals surface area contributed by atoms with Crippen LogP contribution in [0.2, 0.25) is 0 Å². The van der Waals surface area contributed by atoms with Crippen molar-refractivity contribution >= 4 is 12.1 Å². The molecule has 0 bridgehead atoms. The second kappa shape index (κ2) is 5.46. The lowest BCUT2D eigenvalue weighted by molar-refractivity contribution is 0.0291. The number of rotatable bonds is 1. The Hall–Kier alpha value is -1.46. The lowest BCUT2D eigenvalue weighted by Crippen LogP contribution is -2.43. The summed E-state index contributed by atoms with van der Waals surface area (Å²) in [4.78, 5) is 26.4. The number of hydrogen-bond acceptors (Lipinski definition) is 3. The molecule has 1 N–H and O–H groups in total. The molecule has 1 aliphatic rings. The van der Waals surface area contributed by atoms with Crippen LogP contribution in [-0.2, 0) is 4.74 Å². The monoisotopic (exact) mass is 257 g/mol. The summed E-state index contributed by atoms with van der Waals surface area (Å²) in [6, 6.07) is -0.126. The maximum Gasteiger partial charge on any atom is 0.410 e. The molecule has 104 valence electrons. The van der Waals surface area contributed by atoms with Crippen molar-refractivity contribution in [3.63, 3.8) is 0 Å². The van der Waals surface area contributed by atoms with Gasteiger partial charge in [-0.25, -0.2) is 9.59 Å². The predicted molar refractivity (Wildman–Crippen MR) is 68.4 cm³/mol.